The zero-order chi connectivity index (χ0) is 13.7. The van der Waals surface area contributed by atoms with Crippen LogP contribution in [-0.4, -0.2) is 31.1 Å². The summed E-state index contributed by atoms with van der Waals surface area (Å²) in [5.74, 6) is 0.519. The average molecular weight is 283 g/mol. The van der Waals surface area contributed by atoms with Crippen LogP contribution in [0.25, 0.3) is 0 Å². The first-order valence-electron chi connectivity index (χ1n) is 6.58. The van der Waals surface area contributed by atoms with Crippen molar-refractivity contribution in [1.82, 2.24) is 10.6 Å². The highest BCUT2D eigenvalue weighted by Gasteiger charge is 2.20. The number of ether oxygens (including phenoxy) is 1. The minimum Gasteiger partial charge on any atom is -0.481 e. The Morgan fingerprint density at radius 2 is 2.42 bits per heavy atom. The molecule has 4 nitrogen and oxygen atoms in total. The summed E-state index contributed by atoms with van der Waals surface area (Å²) in [4.78, 5) is 12.0. The van der Waals surface area contributed by atoms with Crippen LogP contribution in [0.1, 0.15) is 19.8 Å². The molecule has 0 aromatic heterocycles. The van der Waals surface area contributed by atoms with Gasteiger partial charge in [0.25, 0.3) is 5.91 Å². The summed E-state index contributed by atoms with van der Waals surface area (Å²) in [6.07, 6.45) is 1.58. The fourth-order valence-corrected chi connectivity index (χ4v) is 2.27. The number of amides is 1. The van der Waals surface area contributed by atoms with Crippen molar-refractivity contribution in [3.8, 4) is 5.75 Å². The third kappa shape index (κ3) is 4.40. The summed E-state index contributed by atoms with van der Waals surface area (Å²) in [7, 11) is 0. The summed E-state index contributed by atoms with van der Waals surface area (Å²) in [5.41, 5.74) is 0. The van der Waals surface area contributed by atoms with E-state index in [1.165, 1.54) is 0 Å². The van der Waals surface area contributed by atoms with E-state index in [-0.39, 0.29) is 11.9 Å². The van der Waals surface area contributed by atoms with Crippen molar-refractivity contribution in [1.29, 1.82) is 0 Å². The van der Waals surface area contributed by atoms with Gasteiger partial charge in [-0.05, 0) is 44.5 Å². The van der Waals surface area contributed by atoms with Crippen LogP contribution >= 0.6 is 11.6 Å². The predicted molar refractivity (Wildman–Crippen MR) is 75.6 cm³/mol. The van der Waals surface area contributed by atoms with Crippen molar-refractivity contribution in [3.63, 3.8) is 0 Å². The van der Waals surface area contributed by atoms with Crippen LogP contribution in [0.3, 0.4) is 0 Å². The number of halogens is 1. The molecule has 19 heavy (non-hydrogen) atoms. The first kappa shape index (κ1) is 14.2. The Hall–Kier alpha value is -1.26. The number of rotatable bonds is 4. The largest absolute Gasteiger partial charge is 0.481 e. The smallest absolute Gasteiger partial charge is 0.261 e. The van der Waals surface area contributed by atoms with E-state index >= 15 is 0 Å². The molecule has 0 saturated carbocycles. The number of benzene rings is 1. The van der Waals surface area contributed by atoms with E-state index in [1.54, 1.807) is 31.2 Å². The van der Waals surface area contributed by atoms with Crippen molar-refractivity contribution in [2.45, 2.75) is 31.9 Å². The van der Waals surface area contributed by atoms with Crippen LogP contribution < -0.4 is 15.4 Å². The highest BCUT2D eigenvalue weighted by atomic mass is 35.5. The topological polar surface area (TPSA) is 50.4 Å². The van der Waals surface area contributed by atoms with Gasteiger partial charge in [-0.1, -0.05) is 17.7 Å². The second-order valence-electron chi connectivity index (χ2n) is 4.77. The van der Waals surface area contributed by atoms with E-state index in [1.807, 2.05) is 0 Å². The number of hydrogen-bond acceptors (Lipinski definition) is 3. The molecule has 1 aromatic carbocycles. The second-order valence-corrected chi connectivity index (χ2v) is 5.21. The first-order chi connectivity index (χ1) is 9.15. The third-order valence-corrected chi connectivity index (χ3v) is 3.36. The Kier molecular flexibility index (Phi) is 5.05. The Morgan fingerprint density at radius 3 is 3.11 bits per heavy atom. The molecular formula is C14H19ClN2O2. The van der Waals surface area contributed by atoms with E-state index in [9.17, 15) is 4.79 Å². The molecule has 104 valence electrons. The van der Waals surface area contributed by atoms with Gasteiger partial charge >= 0.3 is 0 Å². The van der Waals surface area contributed by atoms with Gasteiger partial charge in [-0.2, -0.15) is 0 Å². The summed E-state index contributed by atoms with van der Waals surface area (Å²) in [6, 6.07) is 7.26. The first-order valence-corrected chi connectivity index (χ1v) is 6.96. The lowest BCUT2D eigenvalue weighted by Crippen LogP contribution is -2.49. The summed E-state index contributed by atoms with van der Waals surface area (Å²) < 4.78 is 5.58. The fourth-order valence-electron chi connectivity index (χ4n) is 2.09. The van der Waals surface area contributed by atoms with Crippen LogP contribution in [0.2, 0.25) is 5.02 Å². The Bertz CT molecular complexity index is 433. The number of carbonyl (C=O) groups excluding carboxylic acids is 1. The number of nitrogens with one attached hydrogen (secondary N) is 2. The quantitative estimate of drug-likeness (QED) is 0.888. The maximum atomic E-state index is 12.0. The molecular weight excluding hydrogens is 264 g/mol. The highest BCUT2D eigenvalue weighted by Crippen LogP contribution is 2.18. The van der Waals surface area contributed by atoms with Crippen molar-refractivity contribution in [3.05, 3.63) is 29.3 Å². The van der Waals surface area contributed by atoms with E-state index in [0.29, 0.717) is 10.8 Å². The van der Waals surface area contributed by atoms with Gasteiger partial charge in [-0.25, -0.2) is 0 Å². The highest BCUT2D eigenvalue weighted by molar-refractivity contribution is 6.30. The van der Waals surface area contributed by atoms with Crippen LogP contribution in [0.4, 0.5) is 0 Å². The molecule has 1 saturated heterocycles. The number of piperidine rings is 1. The molecule has 0 aliphatic carbocycles. The van der Waals surface area contributed by atoms with Crippen LogP contribution in [0.15, 0.2) is 24.3 Å². The molecule has 2 N–H and O–H groups in total. The second kappa shape index (κ2) is 6.78. The monoisotopic (exact) mass is 282 g/mol. The van der Waals surface area contributed by atoms with Gasteiger partial charge in [0.1, 0.15) is 5.75 Å². The lowest BCUT2D eigenvalue weighted by molar-refractivity contribution is -0.128. The molecule has 1 heterocycles. The summed E-state index contributed by atoms with van der Waals surface area (Å²) in [6.45, 7) is 3.60. The maximum Gasteiger partial charge on any atom is 0.261 e. The fraction of sp³-hybridized carbons (Fsp3) is 0.500. The molecule has 0 bridgehead atoms. The van der Waals surface area contributed by atoms with Crippen molar-refractivity contribution >= 4 is 17.5 Å². The predicted octanol–water partition coefficient (Wildman–Crippen LogP) is 1.98. The van der Waals surface area contributed by atoms with Gasteiger partial charge < -0.3 is 15.4 Å². The number of hydrogen-bond donors (Lipinski definition) is 2. The summed E-state index contributed by atoms with van der Waals surface area (Å²) >= 11 is 5.87. The molecule has 0 spiro atoms. The lowest BCUT2D eigenvalue weighted by atomic mass is 10.1. The third-order valence-electron chi connectivity index (χ3n) is 3.12. The van der Waals surface area contributed by atoms with Gasteiger partial charge in [0, 0.05) is 17.6 Å². The molecule has 2 atom stereocenters. The maximum absolute atomic E-state index is 12.0. The van der Waals surface area contributed by atoms with Gasteiger partial charge in [-0.3, -0.25) is 4.79 Å². The van der Waals surface area contributed by atoms with Crippen LogP contribution in [0.5, 0.6) is 5.75 Å². The molecule has 1 unspecified atom stereocenters. The van der Waals surface area contributed by atoms with E-state index in [4.69, 9.17) is 16.3 Å². The van der Waals surface area contributed by atoms with E-state index < -0.39 is 6.10 Å². The van der Waals surface area contributed by atoms with E-state index in [2.05, 4.69) is 10.6 Å². The molecule has 1 amide bonds. The van der Waals surface area contributed by atoms with Crippen LogP contribution in [0, 0.1) is 0 Å². The molecule has 0 radical (unpaired) electrons. The van der Waals surface area contributed by atoms with Crippen molar-refractivity contribution in [2.24, 2.45) is 0 Å². The molecule has 2 rings (SSSR count). The normalized spacial score (nSPS) is 20.6. The minimum absolute atomic E-state index is 0.0892. The Morgan fingerprint density at radius 1 is 1.58 bits per heavy atom. The molecule has 1 aliphatic rings. The van der Waals surface area contributed by atoms with E-state index in [0.717, 1.165) is 25.9 Å². The molecule has 5 heteroatoms. The SMILES string of the molecule is CC(Oc1cccc(Cl)c1)C(=O)N[C@@H]1CCCNC1. The van der Waals surface area contributed by atoms with Crippen LogP contribution in [-0.2, 0) is 4.79 Å². The zero-order valence-electron chi connectivity index (χ0n) is 11.0. The van der Waals surface area contributed by atoms with Crippen molar-refractivity contribution in [2.75, 3.05) is 13.1 Å². The molecule has 1 fully saturated rings. The zero-order valence-corrected chi connectivity index (χ0v) is 11.7. The van der Waals surface area contributed by atoms with Gasteiger partial charge in [0.05, 0.1) is 0 Å². The Labute approximate surface area is 118 Å². The Balaban J connectivity index is 1.84. The lowest BCUT2D eigenvalue weighted by Gasteiger charge is -2.25. The van der Waals surface area contributed by atoms with Gasteiger partial charge in [0.15, 0.2) is 6.10 Å². The molecule has 1 aromatic rings. The van der Waals surface area contributed by atoms with Gasteiger partial charge in [0.2, 0.25) is 0 Å². The number of carbonyl (C=O) groups is 1. The average Bonchev–Trinajstić information content (AvgIpc) is 2.40. The summed E-state index contributed by atoms with van der Waals surface area (Å²) in [5, 5.41) is 6.86. The van der Waals surface area contributed by atoms with Gasteiger partial charge in [-0.15, -0.1) is 0 Å². The minimum atomic E-state index is -0.527. The molecule has 1 aliphatic heterocycles. The standard InChI is InChI=1S/C14H19ClN2O2/c1-10(19-13-6-2-4-11(15)8-13)14(18)17-12-5-3-7-16-9-12/h2,4,6,8,10,12,16H,3,5,7,9H2,1H3,(H,17,18)/t10?,12-/m1/s1. The van der Waals surface area contributed by atoms with Crippen molar-refractivity contribution < 1.29 is 9.53 Å².